The Kier molecular flexibility index (Phi) is 3.75. The Labute approximate surface area is 130 Å². The lowest BCUT2D eigenvalue weighted by molar-refractivity contribution is 0.631. The van der Waals surface area contributed by atoms with Crippen molar-refractivity contribution in [1.82, 2.24) is 9.78 Å². The van der Waals surface area contributed by atoms with E-state index in [9.17, 15) is 4.39 Å². The molecule has 0 atom stereocenters. The first-order valence-corrected chi connectivity index (χ1v) is 7.24. The number of aromatic nitrogens is 2. The number of benzene rings is 2. The molecule has 106 valence electrons. The lowest BCUT2D eigenvalue weighted by atomic mass is 10.0. The minimum Gasteiger partial charge on any atom is -0.339 e. The van der Waals surface area contributed by atoms with Gasteiger partial charge in [0.1, 0.15) is 11.6 Å². The van der Waals surface area contributed by atoms with Gasteiger partial charge in [-0.2, -0.15) is 5.10 Å². The monoisotopic (exact) mass is 345 g/mol. The molecule has 1 heterocycles. The quantitative estimate of drug-likeness (QED) is 0.743. The van der Waals surface area contributed by atoms with Gasteiger partial charge in [-0.3, -0.25) is 4.68 Å². The van der Waals surface area contributed by atoms with E-state index < -0.39 is 0 Å². The van der Waals surface area contributed by atoms with Gasteiger partial charge < -0.3 is 5.32 Å². The molecule has 0 fully saturated rings. The predicted molar refractivity (Wildman–Crippen MR) is 86.0 cm³/mol. The minimum absolute atomic E-state index is 0.226. The number of aryl methyl sites for hydroxylation is 1. The summed E-state index contributed by atoms with van der Waals surface area (Å²) < 4.78 is 16.5. The Balaban J connectivity index is 1.96. The highest BCUT2D eigenvalue weighted by Crippen LogP contribution is 2.29. The average Bonchev–Trinajstić information content (AvgIpc) is 2.80. The van der Waals surface area contributed by atoms with Gasteiger partial charge in [-0.05, 0) is 39.7 Å². The van der Waals surface area contributed by atoms with Crippen LogP contribution >= 0.6 is 15.9 Å². The SMILES string of the molecule is Cn1ncc(Br)c1Nc1cccc(-c2ccccc2F)c1. The summed E-state index contributed by atoms with van der Waals surface area (Å²) in [6.45, 7) is 0. The van der Waals surface area contributed by atoms with E-state index in [0.717, 1.165) is 21.5 Å². The van der Waals surface area contributed by atoms with Crippen LogP contribution in [-0.2, 0) is 7.05 Å². The molecule has 5 heteroatoms. The van der Waals surface area contributed by atoms with Crippen molar-refractivity contribution in [3.8, 4) is 11.1 Å². The summed E-state index contributed by atoms with van der Waals surface area (Å²) in [5.41, 5.74) is 2.29. The highest BCUT2D eigenvalue weighted by atomic mass is 79.9. The van der Waals surface area contributed by atoms with E-state index in [1.54, 1.807) is 23.0 Å². The van der Waals surface area contributed by atoms with Crippen molar-refractivity contribution in [1.29, 1.82) is 0 Å². The first-order chi connectivity index (χ1) is 10.1. The molecule has 0 amide bonds. The van der Waals surface area contributed by atoms with Gasteiger partial charge in [0.15, 0.2) is 0 Å². The summed E-state index contributed by atoms with van der Waals surface area (Å²) in [6, 6.07) is 14.4. The molecule has 0 radical (unpaired) electrons. The number of hydrogen-bond donors (Lipinski definition) is 1. The molecule has 0 spiro atoms. The van der Waals surface area contributed by atoms with Crippen LogP contribution in [0.2, 0.25) is 0 Å². The van der Waals surface area contributed by atoms with E-state index in [4.69, 9.17) is 0 Å². The lowest BCUT2D eigenvalue weighted by Gasteiger charge is -2.10. The smallest absolute Gasteiger partial charge is 0.142 e. The van der Waals surface area contributed by atoms with E-state index >= 15 is 0 Å². The van der Waals surface area contributed by atoms with Crippen LogP contribution in [0.3, 0.4) is 0 Å². The fourth-order valence-corrected chi connectivity index (χ4v) is 2.60. The maximum absolute atomic E-state index is 13.9. The Morgan fingerprint density at radius 2 is 1.95 bits per heavy atom. The average molecular weight is 346 g/mol. The number of hydrogen-bond acceptors (Lipinski definition) is 2. The van der Waals surface area contributed by atoms with Crippen LogP contribution in [0.5, 0.6) is 0 Å². The molecule has 0 aliphatic carbocycles. The van der Waals surface area contributed by atoms with Crippen LogP contribution in [0.1, 0.15) is 0 Å². The third-order valence-corrected chi connectivity index (χ3v) is 3.78. The second-order valence-corrected chi connectivity index (χ2v) is 5.50. The zero-order valence-corrected chi connectivity index (χ0v) is 12.9. The predicted octanol–water partition coefficient (Wildman–Crippen LogP) is 4.73. The van der Waals surface area contributed by atoms with E-state index in [1.165, 1.54) is 6.07 Å². The van der Waals surface area contributed by atoms with Crippen molar-refractivity contribution in [2.24, 2.45) is 7.05 Å². The summed E-state index contributed by atoms with van der Waals surface area (Å²) in [6.07, 6.45) is 1.73. The first-order valence-electron chi connectivity index (χ1n) is 6.44. The van der Waals surface area contributed by atoms with Crippen molar-refractivity contribution in [3.63, 3.8) is 0 Å². The number of anilines is 2. The molecule has 3 aromatic rings. The second-order valence-electron chi connectivity index (χ2n) is 4.65. The number of halogens is 2. The Morgan fingerprint density at radius 1 is 1.14 bits per heavy atom. The van der Waals surface area contributed by atoms with Gasteiger partial charge in [-0.25, -0.2) is 4.39 Å². The van der Waals surface area contributed by atoms with Gasteiger partial charge in [-0.15, -0.1) is 0 Å². The van der Waals surface area contributed by atoms with Gasteiger partial charge in [0.05, 0.1) is 10.7 Å². The van der Waals surface area contributed by atoms with E-state index in [-0.39, 0.29) is 5.82 Å². The Morgan fingerprint density at radius 3 is 2.67 bits per heavy atom. The van der Waals surface area contributed by atoms with Crippen LogP contribution in [0.15, 0.2) is 59.2 Å². The second kappa shape index (κ2) is 5.69. The summed E-state index contributed by atoms with van der Waals surface area (Å²) in [7, 11) is 1.85. The number of rotatable bonds is 3. The third-order valence-electron chi connectivity index (χ3n) is 3.20. The summed E-state index contributed by atoms with van der Waals surface area (Å²) in [5, 5.41) is 7.44. The van der Waals surface area contributed by atoms with Crippen LogP contribution < -0.4 is 5.32 Å². The molecule has 0 bridgehead atoms. The molecule has 0 saturated heterocycles. The third kappa shape index (κ3) is 2.83. The molecule has 1 aromatic heterocycles. The number of nitrogens with zero attached hydrogens (tertiary/aromatic N) is 2. The van der Waals surface area contributed by atoms with Crippen LogP contribution in [0.4, 0.5) is 15.9 Å². The van der Waals surface area contributed by atoms with E-state index in [1.807, 2.05) is 37.4 Å². The van der Waals surface area contributed by atoms with Gasteiger partial charge >= 0.3 is 0 Å². The number of nitrogens with one attached hydrogen (secondary N) is 1. The van der Waals surface area contributed by atoms with E-state index in [2.05, 4.69) is 26.3 Å². The van der Waals surface area contributed by atoms with Gasteiger partial charge in [0, 0.05) is 18.3 Å². The van der Waals surface area contributed by atoms with Crippen molar-refractivity contribution >= 4 is 27.4 Å². The zero-order chi connectivity index (χ0) is 14.8. The molecule has 0 aliphatic heterocycles. The van der Waals surface area contributed by atoms with Gasteiger partial charge in [-0.1, -0.05) is 30.3 Å². The van der Waals surface area contributed by atoms with Crippen LogP contribution in [0.25, 0.3) is 11.1 Å². The Hall–Kier alpha value is -2.14. The minimum atomic E-state index is -0.226. The van der Waals surface area contributed by atoms with Crippen LogP contribution in [0, 0.1) is 5.82 Å². The maximum atomic E-state index is 13.9. The molecular weight excluding hydrogens is 333 g/mol. The van der Waals surface area contributed by atoms with Crippen molar-refractivity contribution in [2.45, 2.75) is 0 Å². The van der Waals surface area contributed by atoms with E-state index in [0.29, 0.717) is 5.56 Å². The molecule has 0 unspecified atom stereocenters. The standard InChI is InChI=1S/C16H13BrFN3/c1-21-16(14(17)10-19-21)20-12-6-4-5-11(9-12)13-7-2-3-8-15(13)18/h2-10,20H,1H3. The molecule has 3 nitrogen and oxygen atoms in total. The largest absolute Gasteiger partial charge is 0.339 e. The van der Waals surface area contributed by atoms with Crippen molar-refractivity contribution in [2.75, 3.05) is 5.32 Å². The normalized spacial score (nSPS) is 10.6. The van der Waals surface area contributed by atoms with Crippen molar-refractivity contribution in [3.05, 3.63) is 65.0 Å². The first kappa shape index (κ1) is 13.8. The molecule has 3 rings (SSSR count). The summed E-state index contributed by atoms with van der Waals surface area (Å²) >= 11 is 3.44. The molecule has 0 saturated carbocycles. The zero-order valence-electron chi connectivity index (χ0n) is 11.3. The van der Waals surface area contributed by atoms with Crippen LogP contribution in [-0.4, -0.2) is 9.78 Å². The molecule has 1 N–H and O–H groups in total. The van der Waals surface area contributed by atoms with Gasteiger partial charge in [0.2, 0.25) is 0 Å². The molecule has 0 aliphatic rings. The highest BCUT2D eigenvalue weighted by Gasteiger charge is 2.08. The fourth-order valence-electron chi connectivity index (χ4n) is 2.15. The maximum Gasteiger partial charge on any atom is 0.142 e. The lowest BCUT2D eigenvalue weighted by Crippen LogP contribution is -1.99. The highest BCUT2D eigenvalue weighted by molar-refractivity contribution is 9.10. The fraction of sp³-hybridized carbons (Fsp3) is 0.0625. The van der Waals surface area contributed by atoms with Gasteiger partial charge in [0.25, 0.3) is 0 Å². The molecule has 2 aromatic carbocycles. The molecular formula is C16H13BrFN3. The van der Waals surface area contributed by atoms with Crippen molar-refractivity contribution < 1.29 is 4.39 Å². The summed E-state index contributed by atoms with van der Waals surface area (Å²) in [4.78, 5) is 0. The summed E-state index contributed by atoms with van der Waals surface area (Å²) in [5.74, 6) is 0.622. The Bertz CT molecular complexity index is 763. The molecule has 21 heavy (non-hydrogen) atoms. The topological polar surface area (TPSA) is 29.9 Å².